The first kappa shape index (κ1) is 38.1. The molecule has 3 aromatic carbocycles. The standard InChI is InChI=1S/C12H13N3S.3C7H8O3S/c1-2-11-12(13-3-1)10(7-16-11)15-6-8-4-9(15)5-14-8;3*1-6-2-4-7(5-3-6)11(8,9)10/h1-3,7-9,14H,4-6H2;3*2-5H,1H3,(H,8,9,10)/t8-,9-;;;/m0.../s1. The molecule has 5 aromatic rings. The molecule has 12 nitrogen and oxygen atoms in total. The minimum Gasteiger partial charge on any atom is -0.363 e. The first-order valence-electron chi connectivity index (χ1n) is 14.9. The average molecular weight is 748 g/mol. The number of aromatic nitrogens is 1. The van der Waals surface area contributed by atoms with Crippen LogP contribution in [0, 0.1) is 20.8 Å². The van der Waals surface area contributed by atoms with Gasteiger partial charge in [-0.2, -0.15) is 25.3 Å². The Kier molecular flexibility index (Phi) is 12.3. The fraction of sp³-hybridized carbons (Fsp3) is 0.242. The Morgan fingerprint density at radius 3 is 1.47 bits per heavy atom. The predicted octanol–water partition coefficient (Wildman–Crippen LogP) is 5.57. The van der Waals surface area contributed by atoms with Gasteiger partial charge in [0, 0.05) is 36.8 Å². The zero-order chi connectivity index (χ0) is 36.0. The number of nitrogens with zero attached hydrogens (tertiary/aromatic N) is 2. The van der Waals surface area contributed by atoms with E-state index >= 15 is 0 Å². The molecule has 0 unspecified atom stereocenters. The van der Waals surface area contributed by atoms with E-state index in [1.54, 1.807) is 47.7 Å². The van der Waals surface area contributed by atoms with Crippen molar-refractivity contribution in [2.45, 2.75) is 54.0 Å². The molecule has 16 heteroatoms. The number of benzene rings is 3. The molecule has 7 rings (SSSR count). The molecule has 2 fully saturated rings. The summed E-state index contributed by atoms with van der Waals surface area (Å²) in [5.41, 5.74) is 5.39. The SMILES string of the molecule is Cc1ccc(S(=O)(=O)O)cc1.Cc1ccc(S(=O)(=O)O)cc1.Cc1ccc(S(=O)(=O)O)cc1.c1cnc2c(N3C[C@@H]4C[C@H]3CN4)csc2c1. The third-order valence-electron chi connectivity index (χ3n) is 7.63. The van der Waals surface area contributed by atoms with E-state index in [-0.39, 0.29) is 14.7 Å². The lowest BCUT2D eigenvalue weighted by Gasteiger charge is -2.28. The zero-order valence-corrected chi connectivity index (χ0v) is 30.1. The fourth-order valence-electron chi connectivity index (χ4n) is 5.04. The Morgan fingerprint density at radius 2 is 1.12 bits per heavy atom. The molecule has 2 aliphatic heterocycles. The highest BCUT2D eigenvalue weighted by Gasteiger charge is 2.38. The second kappa shape index (κ2) is 15.9. The van der Waals surface area contributed by atoms with Crippen LogP contribution in [0.4, 0.5) is 5.69 Å². The predicted molar refractivity (Wildman–Crippen MR) is 190 cm³/mol. The summed E-state index contributed by atoms with van der Waals surface area (Å²) in [7, 11) is -12.1. The van der Waals surface area contributed by atoms with Gasteiger partial charge in [0.05, 0.1) is 25.1 Å². The number of thiophene rings is 1. The Hall–Kier alpha value is -3.74. The van der Waals surface area contributed by atoms with Crippen LogP contribution in [0.1, 0.15) is 23.1 Å². The number of hydrogen-bond acceptors (Lipinski definition) is 10. The molecule has 49 heavy (non-hydrogen) atoms. The number of hydrogen-bond donors (Lipinski definition) is 4. The van der Waals surface area contributed by atoms with Gasteiger partial charge < -0.3 is 10.2 Å². The summed E-state index contributed by atoms with van der Waals surface area (Å²) in [4.78, 5) is 6.85. The summed E-state index contributed by atoms with van der Waals surface area (Å²) in [5.74, 6) is 0. The number of nitrogens with one attached hydrogen (secondary N) is 1. The van der Waals surface area contributed by atoms with Crippen LogP contribution in [0.5, 0.6) is 0 Å². The van der Waals surface area contributed by atoms with Gasteiger partial charge in [0.25, 0.3) is 30.4 Å². The monoisotopic (exact) mass is 747 g/mol. The molecule has 262 valence electrons. The van der Waals surface area contributed by atoms with E-state index < -0.39 is 30.4 Å². The van der Waals surface area contributed by atoms with Gasteiger partial charge in [-0.25, -0.2) is 0 Å². The van der Waals surface area contributed by atoms with E-state index in [0.29, 0.717) is 12.1 Å². The summed E-state index contributed by atoms with van der Waals surface area (Å²) in [6, 6.07) is 23.5. The van der Waals surface area contributed by atoms with Crippen LogP contribution in [0.15, 0.2) is 111 Å². The lowest BCUT2D eigenvalue weighted by Crippen LogP contribution is -2.43. The Morgan fingerprint density at radius 1 is 0.694 bits per heavy atom. The van der Waals surface area contributed by atoms with E-state index in [1.165, 1.54) is 58.7 Å². The van der Waals surface area contributed by atoms with Crippen LogP contribution in [0.2, 0.25) is 0 Å². The number of fused-ring (bicyclic) bond motifs is 3. The molecule has 0 spiro atoms. The molecule has 0 aliphatic carbocycles. The van der Waals surface area contributed by atoms with Crippen molar-refractivity contribution in [2.24, 2.45) is 0 Å². The fourth-order valence-corrected chi connectivity index (χ4v) is 7.40. The van der Waals surface area contributed by atoms with Gasteiger partial charge in [-0.15, -0.1) is 11.3 Å². The number of rotatable bonds is 4. The number of pyridine rings is 1. The molecule has 4 heterocycles. The average Bonchev–Trinajstić information content (AvgIpc) is 3.78. The van der Waals surface area contributed by atoms with Crippen molar-refractivity contribution < 1.29 is 38.9 Å². The lowest BCUT2D eigenvalue weighted by molar-refractivity contribution is 0.481. The van der Waals surface area contributed by atoms with E-state index in [1.807, 2.05) is 33.0 Å². The van der Waals surface area contributed by atoms with E-state index in [4.69, 9.17) is 13.7 Å². The van der Waals surface area contributed by atoms with Gasteiger partial charge in [0.15, 0.2) is 0 Å². The summed E-state index contributed by atoms with van der Waals surface area (Å²) in [5, 5.41) is 5.80. The van der Waals surface area contributed by atoms with Gasteiger partial charge in [0.1, 0.15) is 5.52 Å². The maximum atomic E-state index is 10.5. The highest BCUT2D eigenvalue weighted by atomic mass is 32.2. The van der Waals surface area contributed by atoms with Crippen molar-refractivity contribution in [3.63, 3.8) is 0 Å². The maximum absolute atomic E-state index is 10.5. The summed E-state index contributed by atoms with van der Waals surface area (Å²) in [6.07, 6.45) is 3.19. The van der Waals surface area contributed by atoms with Gasteiger partial charge in [-0.05, 0) is 75.7 Å². The molecule has 2 aliphatic rings. The molecule has 4 N–H and O–H groups in total. The number of aryl methyl sites for hydroxylation is 3. The van der Waals surface area contributed by atoms with Crippen LogP contribution < -0.4 is 10.2 Å². The van der Waals surface area contributed by atoms with Crippen molar-refractivity contribution in [1.82, 2.24) is 10.3 Å². The van der Waals surface area contributed by atoms with Crippen molar-refractivity contribution >= 4 is 57.6 Å². The minimum atomic E-state index is -4.02. The second-order valence-corrected chi connectivity index (χ2v) is 16.7. The summed E-state index contributed by atoms with van der Waals surface area (Å²) >= 11 is 1.80. The van der Waals surface area contributed by atoms with Crippen LogP contribution in [-0.4, -0.2) is 69.1 Å². The molecule has 2 saturated heterocycles. The third-order valence-corrected chi connectivity index (χ3v) is 11.2. The summed E-state index contributed by atoms with van der Waals surface area (Å²) in [6.45, 7) is 7.80. The third kappa shape index (κ3) is 10.9. The van der Waals surface area contributed by atoms with E-state index in [2.05, 4.69) is 26.6 Å². The second-order valence-electron chi connectivity index (χ2n) is 11.5. The highest BCUT2D eigenvalue weighted by molar-refractivity contribution is 7.86. The van der Waals surface area contributed by atoms with Crippen LogP contribution in [-0.2, 0) is 30.4 Å². The van der Waals surface area contributed by atoms with Gasteiger partial charge in [-0.3, -0.25) is 18.6 Å². The molecule has 0 amide bonds. The molecular weight excluding hydrogens is 711 g/mol. The van der Waals surface area contributed by atoms with E-state index in [9.17, 15) is 25.3 Å². The molecule has 0 saturated carbocycles. The first-order valence-corrected chi connectivity index (χ1v) is 20.1. The largest absolute Gasteiger partial charge is 0.363 e. The highest BCUT2D eigenvalue weighted by Crippen LogP contribution is 2.36. The normalized spacial score (nSPS) is 16.9. The topological polar surface area (TPSA) is 191 Å². The number of anilines is 1. The number of piperazine rings is 1. The van der Waals surface area contributed by atoms with Crippen molar-refractivity contribution in [3.8, 4) is 0 Å². The van der Waals surface area contributed by atoms with Gasteiger partial charge >= 0.3 is 0 Å². The minimum absolute atomic E-state index is 0.0666. The van der Waals surface area contributed by atoms with Crippen molar-refractivity contribution in [3.05, 3.63) is 113 Å². The van der Waals surface area contributed by atoms with Crippen molar-refractivity contribution in [1.29, 1.82) is 0 Å². The smallest absolute Gasteiger partial charge is 0.294 e. The molecule has 2 bridgehead atoms. The zero-order valence-electron chi connectivity index (χ0n) is 26.8. The van der Waals surface area contributed by atoms with Crippen LogP contribution in [0.3, 0.4) is 0 Å². The van der Waals surface area contributed by atoms with Gasteiger partial charge in [-0.1, -0.05) is 53.1 Å². The van der Waals surface area contributed by atoms with E-state index in [0.717, 1.165) is 29.8 Å². The van der Waals surface area contributed by atoms with Gasteiger partial charge in [0.2, 0.25) is 0 Å². The molecular formula is C33H37N3O9S4. The maximum Gasteiger partial charge on any atom is 0.294 e. The Balaban J connectivity index is 0.000000150. The van der Waals surface area contributed by atoms with Crippen molar-refractivity contribution in [2.75, 3.05) is 18.0 Å². The summed E-state index contributed by atoms with van der Waals surface area (Å²) < 4.78 is 90.0. The van der Waals surface area contributed by atoms with Crippen LogP contribution in [0.25, 0.3) is 10.2 Å². The molecule has 0 radical (unpaired) electrons. The van der Waals surface area contributed by atoms with Crippen LogP contribution >= 0.6 is 11.3 Å². The Bertz CT molecular complexity index is 2010. The molecule has 2 aromatic heterocycles. The first-order chi connectivity index (χ1) is 22.9. The Labute approximate surface area is 290 Å². The lowest BCUT2D eigenvalue weighted by atomic mass is 10.2. The quantitative estimate of drug-likeness (QED) is 0.167. The molecule has 2 atom stereocenters.